The van der Waals surface area contributed by atoms with Crippen LogP contribution in [0.5, 0.6) is 0 Å². The van der Waals surface area contributed by atoms with Gasteiger partial charge in [-0.05, 0) is 112 Å². The highest BCUT2D eigenvalue weighted by atomic mass is 16.5. The van der Waals surface area contributed by atoms with E-state index in [0.29, 0.717) is 5.92 Å². The van der Waals surface area contributed by atoms with E-state index in [1.807, 2.05) is 7.48 Å². The number of para-hydroxylation sites is 3. The lowest BCUT2D eigenvalue weighted by atomic mass is 9.70. The molecule has 1 heterocycles. The minimum Gasteiger partial charge on any atom is -0.429 e. The van der Waals surface area contributed by atoms with E-state index in [2.05, 4.69) is 196 Å². The second-order valence-electron chi connectivity index (χ2n) is 15.6. The first-order valence-electron chi connectivity index (χ1n) is 19.0. The van der Waals surface area contributed by atoms with Crippen LogP contribution in [0.2, 0.25) is 0 Å². The fourth-order valence-corrected chi connectivity index (χ4v) is 8.67. The maximum atomic E-state index is 6.43. The Kier molecular flexibility index (Phi) is 7.44. The molecule has 0 N–H and O–H groups in total. The van der Waals surface area contributed by atoms with Gasteiger partial charge in [-0.2, -0.15) is 0 Å². The lowest BCUT2D eigenvalue weighted by Gasteiger charge is -2.31. The molecule has 0 aliphatic heterocycles. The normalized spacial score (nSPS) is 13.6. The summed E-state index contributed by atoms with van der Waals surface area (Å²) >= 11 is 0. The number of rotatable bonds is 7. The third-order valence-electron chi connectivity index (χ3n) is 12.0. The standard InChI is InChI=1S/C50H40BN2O/c1-32(2)49(3,4)54-51-36-26-28-45-41(31-36)40-30-34(25-27-44(40)50(45)42-21-10-8-19-38(42)39-20-9-11-22-43(39)50)33-15-14-16-35(29-33)48-52-46-23-12-13-24-47(46)53(48)37-17-6-5-7-18-37/h5-32H,1-4H3. The first-order chi connectivity index (χ1) is 26.3. The molecular formula is C50H40BN2O. The van der Waals surface area contributed by atoms with Crippen molar-refractivity contribution < 1.29 is 4.65 Å². The van der Waals surface area contributed by atoms with E-state index < -0.39 is 5.41 Å². The molecule has 0 fully saturated rings. The zero-order valence-corrected chi connectivity index (χ0v) is 31.0. The van der Waals surface area contributed by atoms with Crippen molar-refractivity contribution in [3.63, 3.8) is 0 Å². The van der Waals surface area contributed by atoms with Gasteiger partial charge in [0, 0.05) is 16.9 Å². The van der Waals surface area contributed by atoms with Gasteiger partial charge < -0.3 is 4.65 Å². The summed E-state index contributed by atoms with van der Waals surface area (Å²) in [4.78, 5) is 5.18. The zero-order chi connectivity index (χ0) is 36.6. The average molecular weight is 696 g/mol. The first kappa shape index (κ1) is 32.7. The highest BCUT2D eigenvalue weighted by molar-refractivity contribution is 6.47. The van der Waals surface area contributed by atoms with Gasteiger partial charge in [-0.3, -0.25) is 4.57 Å². The Hall–Kier alpha value is -5.97. The van der Waals surface area contributed by atoms with Crippen molar-refractivity contribution in [1.29, 1.82) is 0 Å². The quantitative estimate of drug-likeness (QED) is 0.155. The summed E-state index contributed by atoms with van der Waals surface area (Å²) in [6, 6.07) is 59.7. The highest BCUT2D eigenvalue weighted by Gasteiger charge is 2.51. The van der Waals surface area contributed by atoms with Crippen molar-refractivity contribution in [2.45, 2.75) is 38.7 Å². The van der Waals surface area contributed by atoms with E-state index in [9.17, 15) is 0 Å². The first-order valence-corrected chi connectivity index (χ1v) is 19.0. The maximum Gasteiger partial charge on any atom is 0.330 e. The molecule has 0 saturated carbocycles. The maximum absolute atomic E-state index is 6.43. The van der Waals surface area contributed by atoms with Crippen LogP contribution in [-0.2, 0) is 10.1 Å². The molecule has 0 amide bonds. The van der Waals surface area contributed by atoms with Crippen molar-refractivity contribution in [2.24, 2.45) is 5.92 Å². The van der Waals surface area contributed by atoms with Crippen LogP contribution in [0.15, 0.2) is 164 Å². The SMILES string of the molecule is CC(C)C(C)(C)O[B]c1ccc2c(c1)-c1cc(-c3cccc(-c4nc5ccccc5n4-c4ccccc4)c3)ccc1C21c2ccccc2-c2ccccc21. The molecule has 2 aliphatic rings. The molecule has 1 aromatic heterocycles. The van der Waals surface area contributed by atoms with Crippen LogP contribution < -0.4 is 5.46 Å². The molecular weight excluding hydrogens is 655 g/mol. The second kappa shape index (κ2) is 12.3. The molecule has 0 unspecified atom stereocenters. The minimum absolute atomic E-state index is 0.277. The van der Waals surface area contributed by atoms with Crippen LogP contribution in [0.3, 0.4) is 0 Å². The van der Waals surface area contributed by atoms with Gasteiger partial charge in [0.2, 0.25) is 0 Å². The van der Waals surface area contributed by atoms with Gasteiger partial charge in [0.25, 0.3) is 0 Å². The summed E-state index contributed by atoms with van der Waals surface area (Å²) in [5.74, 6) is 1.31. The van der Waals surface area contributed by atoms with Crippen molar-refractivity contribution >= 4 is 24.0 Å². The number of hydrogen-bond donors (Lipinski definition) is 0. The number of benzene rings is 7. The summed E-state index contributed by atoms with van der Waals surface area (Å²) < 4.78 is 8.70. The Bertz CT molecular complexity index is 2700. The van der Waals surface area contributed by atoms with E-state index in [4.69, 9.17) is 9.64 Å². The Labute approximate surface area is 318 Å². The van der Waals surface area contributed by atoms with Gasteiger partial charge in [0.05, 0.1) is 16.4 Å². The van der Waals surface area contributed by atoms with Crippen molar-refractivity contribution in [3.8, 4) is 50.5 Å². The molecule has 7 aromatic carbocycles. The van der Waals surface area contributed by atoms with Crippen molar-refractivity contribution in [1.82, 2.24) is 9.55 Å². The van der Waals surface area contributed by atoms with Crippen LogP contribution >= 0.6 is 0 Å². The molecule has 0 atom stereocenters. The monoisotopic (exact) mass is 695 g/mol. The van der Waals surface area contributed by atoms with Gasteiger partial charge in [-0.25, -0.2) is 4.98 Å². The number of nitrogens with zero attached hydrogens (tertiary/aromatic N) is 2. The van der Waals surface area contributed by atoms with E-state index >= 15 is 0 Å². The Morgan fingerprint density at radius 2 is 1.15 bits per heavy atom. The van der Waals surface area contributed by atoms with Crippen LogP contribution in [-0.4, -0.2) is 22.6 Å². The molecule has 8 aromatic rings. The van der Waals surface area contributed by atoms with Crippen molar-refractivity contribution in [3.05, 3.63) is 186 Å². The molecule has 1 radical (unpaired) electrons. The topological polar surface area (TPSA) is 27.1 Å². The summed E-state index contributed by atoms with van der Waals surface area (Å²) in [5, 5.41) is 0. The predicted molar refractivity (Wildman–Crippen MR) is 224 cm³/mol. The van der Waals surface area contributed by atoms with Gasteiger partial charge in [0.1, 0.15) is 5.82 Å². The zero-order valence-electron chi connectivity index (χ0n) is 31.0. The summed E-state index contributed by atoms with van der Waals surface area (Å²) in [7, 11) is 1.95. The molecule has 2 aliphatic carbocycles. The number of aromatic nitrogens is 2. The molecule has 1 spiro atoms. The fraction of sp³-hybridized carbons (Fsp3) is 0.140. The van der Waals surface area contributed by atoms with Crippen LogP contribution in [0, 0.1) is 5.92 Å². The molecule has 54 heavy (non-hydrogen) atoms. The predicted octanol–water partition coefficient (Wildman–Crippen LogP) is 11.4. The van der Waals surface area contributed by atoms with Crippen LogP contribution in [0.4, 0.5) is 0 Å². The molecule has 10 rings (SSSR count). The summed E-state index contributed by atoms with van der Waals surface area (Å²) in [6.07, 6.45) is 0. The number of hydrogen-bond acceptors (Lipinski definition) is 2. The van der Waals surface area contributed by atoms with E-state index in [0.717, 1.165) is 39.1 Å². The fourth-order valence-electron chi connectivity index (χ4n) is 8.67. The van der Waals surface area contributed by atoms with Gasteiger partial charge in [0.15, 0.2) is 0 Å². The lowest BCUT2D eigenvalue weighted by molar-refractivity contribution is 0.0668. The number of fused-ring (bicyclic) bond motifs is 11. The largest absolute Gasteiger partial charge is 0.429 e. The Morgan fingerprint density at radius 1 is 0.556 bits per heavy atom. The molecule has 4 heteroatoms. The average Bonchev–Trinajstić information content (AvgIpc) is 3.84. The molecule has 0 bridgehead atoms. The van der Waals surface area contributed by atoms with Gasteiger partial charge in [-0.1, -0.05) is 147 Å². The summed E-state index contributed by atoms with van der Waals surface area (Å²) in [6.45, 7) is 8.74. The lowest BCUT2D eigenvalue weighted by Crippen LogP contribution is -2.36. The van der Waals surface area contributed by atoms with Gasteiger partial charge in [-0.15, -0.1) is 0 Å². The third-order valence-corrected chi connectivity index (χ3v) is 12.0. The van der Waals surface area contributed by atoms with Crippen molar-refractivity contribution in [2.75, 3.05) is 0 Å². The summed E-state index contributed by atoms with van der Waals surface area (Å²) in [5.41, 5.74) is 17.4. The minimum atomic E-state index is -0.407. The third kappa shape index (κ3) is 4.83. The molecule has 3 nitrogen and oxygen atoms in total. The van der Waals surface area contributed by atoms with E-state index in [1.165, 1.54) is 50.1 Å². The van der Waals surface area contributed by atoms with Gasteiger partial charge >= 0.3 is 7.48 Å². The molecule has 259 valence electrons. The van der Waals surface area contributed by atoms with E-state index in [1.54, 1.807) is 0 Å². The Balaban J connectivity index is 1.15. The number of imidazole rings is 1. The van der Waals surface area contributed by atoms with Crippen LogP contribution in [0.25, 0.3) is 61.5 Å². The van der Waals surface area contributed by atoms with E-state index in [-0.39, 0.29) is 5.60 Å². The molecule has 0 saturated heterocycles. The highest BCUT2D eigenvalue weighted by Crippen LogP contribution is 2.62. The smallest absolute Gasteiger partial charge is 0.330 e. The second-order valence-corrected chi connectivity index (χ2v) is 15.6. The van der Waals surface area contributed by atoms with Crippen LogP contribution in [0.1, 0.15) is 49.9 Å². The Morgan fingerprint density at radius 3 is 1.89 bits per heavy atom.